The van der Waals surface area contributed by atoms with E-state index in [1.165, 1.54) is 0 Å². The maximum atomic E-state index is 9.16. The lowest BCUT2D eigenvalue weighted by Crippen LogP contribution is -2.30. The molecule has 2 fully saturated rings. The lowest BCUT2D eigenvalue weighted by atomic mass is 10.1. The zero-order valence-electron chi connectivity index (χ0n) is 5.84. The lowest BCUT2D eigenvalue weighted by molar-refractivity contribution is 0.00205. The van der Waals surface area contributed by atoms with Gasteiger partial charge in [-0.25, -0.2) is 0 Å². The van der Waals surface area contributed by atoms with Crippen molar-refractivity contribution in [1.29, 1.82) is 0 Å². The van der Waals surface area contributed by atoms with Gasteiger partial charge in [-0.2, -0.15) is 0 Å². The minimum atomic E-state index is -0.554. The summed E-state index contributed by atoms with van der Waals surface area (Å²) in [5, 5.41) is 18.3. The molecule has 0 aliphatic carbocycles. The number of aliphatic hydroxyl groups is 2. The Kier molecular flexibility index (Phi) is 2.43. The monoisotopic (exact) mass is 166 g/mol. The molecule has 0 saturated carbocycles. The van der Waals surface area contributed by atoms with Crippen molar-refractivity contribution in [3.05, 3.63) is 0 Å². The Morgan fingerprint density at radius 3 is 1.64 bits per heavy atom. The van der Waals surface area contributed by atoms with Crippen LogP contribution in [0.3, 0.4) is 0 Å². The van der Waals surface area contributed by atoms with Crippen molar-refractivity contribution >= 4 is 0 Å². The third kappa shape index (κ3) is 1.24. The van der Waals surface area contributed by atoms with Crippen LogP contribution in [0.25, 0.3) is 0 Å². The second-order valence-corrected chi connectivity index (χ2v) is 2.73. The smallest absolute Gasteiger partial charge is 0.114 e. The summed E-state index contributed by atoms with van der Waals surface area (Å²) in [6.45, 7) is 0.568. The van der Waals surface area contributed by atoms with E-state index in [0.29, 0.717) is 0 Å². The molecular formula is C6H11FO4. The van der Waals surface area contributed by atoms with Gasteiger partial charge in [-0.15, -0.1) is 0 Å². The van der Waals surface area contributed by atoms with Crippen molar-refractivity contribution in [3.8, 4) is 0 Å². The number of rotatable bonds is 0. The van der Waals surface area contributed by atoms with Crippen LogP contribution in [-0.4, -0.2) is 47.8 Å². The van der Waals surface area contributed by atoms with E-state index < -0.39 is 12.2 Å². The second-order valence-electron chi connectivity index (χ2n) is 2.73. The summed E-state index contributed by atoms with van der Waals surface area (Å²) in [4.78, 5) is 0. The molecule has 2 saturated heterocycles. The fourth-order valence-electron chi connectivity index (χ4n) is 1.46. The van der Waals surface area contributed by atoms with Gasteiger partial charge in [0.15, 0.2) is 0 Å². The van der Waals surface area contributed by atoms with E-state index in [1.54, 1.807) is 0 Å². The van der Waals surface area contributed by atoms with E-state index in [9.17, 15) is 0 Å². The predicted molar refractivity (Wildman–Crippen MR) is 34.0 cm³/mol. The summed E-state index contributed by atoms with van der Waals surface area (Å²) in [7, 11) is 0. The molecule has 4 atom stereocenters. The second kappa shape index (κ2) is 3.02. The van der Waals surface area contributed by atoms with E-state index >= 15 is 0 Å². The van der Waals surface area contributed by atoms with Crippen LogP contribution in [0.15, 0.2) is 0 Å². The highest BCUT2D eigenvalue weighted by atomic mass is 19.0. The SMILES string of the molecule is F.O[C@@H]1CO[C@H]2[C@@H]1OC[C@@H]2O. The first kappa shape index (κ1) is 8.86. The van der Waals surface area contributed by atoms with Gasteiger partial charge in [0, 0.05) is 0 Å². The van der Waals surface area contributed by atoms with Crippen LogP contribution in [0, 0.1) is 0 Å². The van der Waals surface area contributed by atoms with Crippen molar-refractivity contribution in [2.45, 2.75) is 24.4 Å². The number of hydrogen-bond donors (Lipinski definition) is 2. The fourth-order valence-corrected chi connectivity index (χ4v) is 1.46. The predicted octanol–water partition coefficient (Wildman–Crippen LogP) is -1.34. The first-order valence-electron chi connectivity index (χ1n) is 3.38. The van der Waals surface area contributed by atoms with Crippen LogP contribution < -0.4 is 0 Å². The molecule has 2 N–H and O–H groups in total. The lowest BCUT2D eigenvalue weighted by Gasteiger charge is -2.09. The molecule has 0 aromatic carbocycles. The Labute approximate surface area is 63.1 Å². The molecule has 5 heteroatoms. The largest absolute Gasteiger partial charge is 0.388 e. The quantitative estimate of drug-likeness (QED) is 0.467. The van der Waals surface area contributed by atoms with Crippen molar-refractivity contribution in [2.24, 2.45) is 0 Å². The molecule has 0 radical (unpaired) electrons. The minimum absolute atomic E-state index is 0. The Morgan fingerprint density at radius 2 is 1.27 bits per heavy atom. The number of hydrogen-bond acceptors (Lipinski definition) is 4. The molecule has 4 nitrogen and oxygen atoms in total. The van der Waals surface area contributed by atoms with Crippen LogP contribution in [0.1, 0.15) is 0 Å². The van der Waals surface area contributed by atoms with Crippen LogP contribution >= 0.6 is 0 Å². The highest BCUT2D eigenvalue weighted by molar-refractivity contribution is 4.93. The first-order valence-corrected chi connectivity index (χ1v) is 3.38. The Morgan fingerprint density at radius 1 is 0.909 bits per heavy atom. The van der Waals surface area contributed by atoms with Gasteiger partial charge in [-0.1, -0.05) is 0 Å². The van der Waals surface area contributed by atoms with Crippen LogP contribution in [0.4, 0.5) is 4.70 Å². The molecule has 0 unspecified atom stereocenters. The molecule has 2 heterocycles. The van der Waals surface area contributed by atoms with Crippen molar-refractivity contribution in [1.82, 2.24) is 0 Å². The van der Waals surface area contributed by atoms with Crippen LogP contribution in [-0.2, 0) is 9.47 Å². The van der Waals surface area contributed by atoms with Gasteiger partial charge in [-0.05, 0) is 0 Å². The third-order valence-corrected chi connectivity index (χ3v) is 2.00. The highest BCUT2D eigenvalue weighted by Gasteiger charge is 2.46. The maximum Gasteiger partial charge on any atom is 0.114 e. The molecule has 0 amide bonds. The van der Waals surface area contributed by atoms with Crippen LogP contribution in [0.2, 0.25) is 0 Å². The molecule has 66 valence electrons. The Bertz CT molecular complexity index is 127. The van der Waals surface area contributed by atoms with Crippen molar-refractivity contribution in [3.63, 3.8) is 0 Å². The topological polar surface area (TPSA) is 58.9 Å². The Hall–Kier alpha value is -0.230. The number of ether oxygens (including phenoxy) is 2. The summed E-state index contributed by atoms with van der Waals surface area (Å²) in [6, 6.07) is 0. The zero-order valence-corrected chi connectivity index (χ0v) is 5.84. The molecule has 2 rings (SSSR count). The van der Waals surface area contributed by atoms with Crippen LogP contribution in [0.5, 0.6) is 0 Å². The van der Waals surface area contributed by atoms with E-state index in [2.05, 4.69) is 0 Å². The van der Waals surface area contributed by atoms with Gasteiger partial charge in [0.1, 0.15) is 24.4 Å². The van der Waals surface area contributed by atoms with Crippen molar-refractivity contribution in [2.75, 3.05) is 13.2 Å². The molecule has 0 aromatic heterocycles. The average Bonchev–Trinajstić information content (AvgIpc) is 2.41. The van der Waals surface area contributed by atoms with E-state index in [0.717, 1.165) is 0 Å². The fraction of sp³-hybridized carbons (Fsp3) is 1.00. The zero-order chi connectivity index (χ0) is 7.14. The van der Waals surface area contributed by atoms with E-state index in [4.69, 9.17) is 19.7 Å². The first-order chi connectivity index (χ1) is 4.79. The molecule has 0 aromatic rings. The van der Waals surface area contributed by atoms with Gasteiger partial charge < -0.3 is 19.7 Å². The molecule has 11 heavy (non-hydrogen) atoms. The number of aliphatic hydroxyl groups excluding tert-OH is 2. The van der Waals surface area contributed by atoms with Crippen molar-refractivity contribution < 1.29 is 24.4 Å². The van der Waals surface area contributed by atoms with Gasteiger partial charge in [0.25, 0.3) is 0 Å². The average molecular weight is 166 g/mol. The molecule has 2 aliphatic heterocycles. The highest BCUT2D eigenvalue weighted by Crippen LogP contribution is 2.26. The number of fused-ring (bicyclic) bond motifs is 1. The summed E-state index contributed by atoms with van der Waals surface area (Å²) >= 11 is 0. The van der Waals surface area contributed by atoms with E-state index in [-0.39, 0.29) is 30.1 Å². The summed E-state index contributed by atoms with van der Waals surface area (Å²) in [5.74, 6) is 0. The summed E-state index contributed by atoms with van der Waals surface area (Å²) < 4.78 is 10.2. The van der Waals surface area contributed by atoms with Gasteiger partial charge in [0.05, 0.1) is 13.2 Å². The Balaban J connectivity index is 0.000000605. The van der Waals surface area contributed by atoms with Gasteiger partial charge >= 0.3 is 0 Å². The molecule has 0 spiro atoms. The van der Waals surface area contributed by atoms with Gasteiger partial charge in [-0.3, -0.25) is 4.70 Å². The molecule has 0 bridgehead atoms. The van der Waals surface area contributed by atoms with Gasteiger partial charge in [0.2, 0.25) is 0 Å². The summed E-state index contributed by atoms with van der Waals surface area (Å²) in [6.07, 6.45) is -1.70. The molecule has 2 aliphatic rings. The normalized spacial score (nSPS) is 48.5. The maximum absolute atomic E-state index is 9.16. The standard InChI is InChI=1S/C6H10O4.FH/c7-3-1-9-6-4(8)2-10-5(3)6;/h3-8H,1-2H2;1H/t3-,4+,5-,6-;/m1./s1. The third-order valence-electron chi connectivity index (χ3n) is 2.00. The number of halogens is 1. The van der Waals surface area contributed by atoms with E-state index in [1.807, 2.05) is 0 Å². The summed E-state index contributed by atoms with van der Waals surface area (Å²) in [5.41, 5.74) is 0. The minimum Gasteiger partial charge on any atom is -0.388 e. The molecular weight excluding hydrogens is 155 g/mol.